The molecule has 0 radical (unpaired) electrons. The molecule has 1 aliphatic heterocycles. The summed E-state index contributed by atoms with van der Waals surface area (Å²) in [5.74, 6) is 0. The first-order valence-corrected chi connectivity index (χ1v) is 8.69. The molecule has 1 aromatic carbocycles. The fraction of sp³-hybridized carbons (Fsp3) is 0.625. The highest BCUT2D eigenvalue weighted by molar-refractivity contribution is 9.10. The molecule has 1 aromatic rings. The Kier molecular flexibility index (Phi) is 6.51. The van der Waals surface area contributed by atoms with Gasteiger partial charge in [0.1, 0.15) is 0 Å². The average molecular weight is 375 g/mol. The van der Waals surface area contributed by atoms with Crippen LogP contribution in [0.25, 0.3) is 0 Å². The fourth-order valence-electron chi connectivity index (χ4n) is 2.99. The van der Waals surface area contributed by atoms with Crippen LogP contribution in [0, 0.1) is 0 Å². The monoisotopic (exact) mass is 373 g/mol. The number of likely N-dealkylation sites (N-methyl/N-ethyl adjacent to an activating group) is 1. The molecule has 1 aliphatic rings. The second-order valence-corrected chi connectivity index (χ2v) is 7.33. The summed E-state index contributed by atoms with van der Waals surface area (Å²) in [7, 11) is 6.36. The highest BCUT2D eigenvalue weighted by atomic mass is 79.9. The summed E-state index contributed by atoms with van der Waals surface area (Å²) in [5.41, 5.74) is 1.19. The van der Waals surface area contributed by atoms with E-state index in [1.165, 1.54) is 25.1 Å². The summed E-state index contributed by atoms with van der Waals surface area (Å²) in [6.45, 7) is 3.49. The van der Waals surface area contributed by atoms with Crippen molar-refractivity contribution < 1.29 is 0 Å². The highest BCUT2D eigenvalue weighted by Crippen LogP contribution is 2.28. The normalized spacial score (nSPS) is 21.1. The van der Waals surface area contributed by atoms with Crippen LogP contribution in [0.5, 0.6) is 0 Å². The highest BCUT2D eigenvalue weighted by Gasteiger charge is 2.24. The van der Waals surface area contributed by atoms with Crippen molar-refractivity contribution in [1.82, 2.24) is 15.1 Å². The van der Waals surface area contributed by atoms with Crippen molar-refractivity contribution in [3.8, 4) is 0 Å². The minimum absolute atomic E-state index is 0.309. The quantitative estimate of drug-likeness (QED) is 0.823. The maximum Gasteiger partial charge on any atom is 0.0465 e. The van der Waals surface area contributed by atoms with Crippen molar-refractivity contribution in [1.29, 1.82) is 0 Å². The van der Waals surface area contributed by atoms with Crippen LogP contribution in [0.3, 0.4) is 0 Å². The standard InChI is InChI=1S/C16H25BrClN3/c1-19-16(14-5-4-12(17)10-15(14)18)7-9-21-8-6-13(11-21)20(2)3/h4-5,10,13,16,19H,6-9,11H2,1-3H3. The lowest BCUT2D eigenvalue weighted by atomic mass is 10.0. The van der Waals surface area contributed by atoms with Crippen LogP contribution < -0.4 is 5.32 Å². The molecule has 118 valence electrons. The summed E-state index contributed by atoms with van der Waals surface area (Å²) >= 11 is 9.84. The van der Waals surface area contributed by atoms with E-state index in [0.29, 0.717) is 12.1 Å². The van der Waals surface area contributed by atoms with Gasteiger partial charge in [0.2, 0.25) is 0 Å². The maximum atomic E-state index is 6.37. The molecule has 0 aromatic heterocycles. The Bertz CT molecular complexity index is 467. The second kappa shape index (κ2) is 7.93. The summed E-state index contributed by atoms with van der Waals surface area (Å²) < 4.78 is 1.03. The van der Waals surface area contributed by atoms with Crippen LogP contribution in [0.1, 0.15) is 24.4 Å². The lowest BCUT2D eigenvalue weighted by Crippen LogP contribution is -2.32. The molecule has 1 saturated heterocycles. The van der Waals surface area contributed by atoms with Gasteiger partial charge in [0.25, 0.3) is 0 Å². The lowest BCUT2D eigenvalue weighted by Gasteiger charge is -2.23. The molecule has 1 fully saturated rings. The number of rotatable bonds is 6. The van der Waals surface area contributed by atoms with E-state index in [0.717, 1.165) is 22.5 Å². The largest absolute Gasteiger partial charge is 0.313 e. The van der Waals surface area contributed by atoms with Gasteiger partial charge in [0, 0.05) is 34.7 Å². The molecule has 0 amide bonds. The van der Waals surface area contributed by atoms with Gasteiger partial charge in [-0.1, -0.05) is 33.6 Å². The minimum Gasteiger partial charge on any atom is -0.313 e. The molecule has 1 heterocycles. The molecule has 2 unspecified atom stereocenters. The lowest BCUT2D eigenvalue weighted by molar-refractivity contribution is 0.261. The van der Waals surface area contributed by atoms with Gasteiger partial charge in [-0.05, 0) is 58.2 Å². The minimum atomic E-state index is 0.309. The molecule has 0 spiro atoms. The number of hydrogen-bond acceptors (Lipinski definition) is 3. The average Bonchev–Trinajstić information content (AvgIpc) is 2.90. The first-order valence-electron chi connectivity index (χ1n) is 7.52. The van der Waals surface area contributed by atoms with E-state index < -0.39 is 0 Å². The Balaban J connectivity index is 1.91. The number of nitrogens with zero attached hydrogens (tertiary/aromatic N) is 2. The van der Waals surface area contributed by atoms with Crippen LogP contribution in [0.15, 0.2) is 22.7 Å². The Morgan fingerprint density at radius 2 is 2.24 bits per heavy atom. The molecule has 5 heteroatoms. The fourth-order valence-corrected chi connectivity index (χ4v) is 3.79. The van der Waals surface area contributed by atoms with E-state index in [1.54, 1.807) is 0 Å². The molecule has 2 rings (SSSR count). The molecule has 0 aliphatic carbocycles. The molecule has 0 saturated carbocycles. The number of nitrogens with one attached hydrogen (secondary N) is 1. The number of benzene rings is 1. The Hall–Kier alpha value is -0.130. The van der Waals surface area contributed by atoms with Gasteiger partial charge in [-0.15, -0.1) is 0 Å². The molecular weight excluding hydrogens is 350 g/mol. The van der Waals surface area contributed by atoms with Crippen LogP contribution in [-0.4, -0.2) is 56.6 Å². The van der Waals surface area contributed by atoms with Crippen molar-refractivity contribution in [2.45, 2.75) is 24.9 Å². The van der Waals surface area contributed by atoms with Gasteiger partial charge < -0.3 is 15.1 Å². The van der Waals surface area contributed by atoms with Crippen LogP contribution >= 0.6 is 27.5 Å². The molecule has 0 bridgehead atoms. The van der Waals surface area contributed by atoms with Crippen LogP contribution in [0.2, 0.25) is 5.02 Å². The zero-order valence-electron chi connectivity index (χ0n) is 13.1. The predicted octanol–water partition coefficient (Wildman–Crippen LogP) is 3.39. The van der Waals surface area contributed by atoms with E-state index >= 15 is 0 Å². The number of hydrogen-bond donors (Lipinski definition) is 1. The topological polar surface area (TPSA) is 18.5 Å². The maximum absolute atomic E-state index is 6.37. The summed E-state index contributed by atoms with van der Waals surface area (Å²) in [5, 5.41) is 4.23. The Morgan fingerprint density at radius 1 is 1.48 bits per heavy atom. The third-order valence-electron chi connectivity index (χ3n) is 4.40. The zero-order chi connectivity index (χ0) is 15.4. The van der Waals surface area contributed by atoms with Gasteiger partial charge >= 0.3 is 0 Å². The van der Waals surface area contributed by atoms with E-state index in [4.69, 9.17) is 11.6 Å². The first-order chi connectivity index (χ1) is 10.0. The third kappa shape index (κ3) is 4.67. The summed E-state index contributed by atoms with van der Waals surface area (Å²) in [4.78, 5) is 4.89. The smallest absolute Gasteiger partial charge is 0.0465 e. The molecule has 2 atom stereocenters. The SMILES string of the molecule is CNC(CCN1CCC(N(C)C)C1)c1ccc(Br)cc1Cl. The summed E-state index contributed by atoms with van der Waals surface area (Å²) in [6.07, 6.45) is 2.36. The van der Waals surface area contributed by atoms with E-state index in [2.05, 4.69) is 57.3 Å². The molecule has 21 heavy (non-hydrogen) atoms. The van der Waals surface area contributed by atoms with Gasteiger partial charge in [-0.3, -0.25) is 0 Å². The van der Waals surface area contributed by atoms with Crippen molar-refractivity contribution in [2.24, 2.45) is 0 Å². The van der Waals surface area contributed by atoms with E-state index in [-0.39, 0.29) is 0 Å². The van der Waals surface area contributed by atoms with E-state index in [9.17, 15) is 0 Å². The summed E-state index contributed by atoms with van der Waals surface area (Å²) in [6, 6.07) is 7.15. The zero-order valence-corrected chi connectivity index (χ0v) is 15.4. The van der Waals surface area contributed by atoms with Gasteiger partial charge in [-0.25, -0.2) is 0 Å². The van der Waals surface area contributed by atoms with Gasteiger partial charge in [0.15, 0.2) is 0 Å². The Labute approximate surface area is 141 Å². The predicted molar refractivity (Wildman–Crippen MR) is 94.1 cm³/mol. The Morgan fingerprint density at radius 3 is 2.81 bits per heavy atom. The second-order valence-electron chi connectivity index (χ2n) is 6.00. The van der Waals surface area contributed by atoms with Crippen molar-refractivity contribution >= 4 is 27.5 Å². The molecule has 3 nitrogen and oxygen atoms in total. The van der Waals surface area contributed by atoms with Gasteiger partial charge in [0.05, 0.1) is 0 Å². The van der Waals surface area contributed by atoms with Crippen molar-refractivity contribution in [3.63, 3.8) is 0 Å². The molecular formula is C16H25BrClN3. The van der Waals surface area contributed by atoms with Crippen molar-refractivity contribution in [2.75, 3.05) is 40.8 Å². The van der Waals surface area contributed by atoms with E-state index in [1.807, 2.05) is 13.1 Å². The first kappa shape index (κ1) is 17.2. The third-order valence-corrected chi connectivity index (χ3v) is 5.22. The van der Waals surface area contributed by atoms with Gasteiger partial charge in [-0.2, -0.15) is 0 Å². The van der Waals surface area contributed by atoms with Crippen LogP contribution in [0.4, 0.5) is 0 Å². The molecule has 1 N–H and O–H groups in total. The number of halogens is 2. The van der Waals surface area contributed by atoms with Crippen LogP contribution in [-0.2, 0) is 0 Å². The number of likely N-dealkylation sites (tertiary alicyclic amines) is 1. The van der Waals surface area contributed by atoms with Crippen molar-refractivity contribution in [3.05, 3.63) is 33.3 Å².